The predicted octanol–water partition coefficient (Wildman–Crippen LogP) is 2.66. The van der Waals surface area contributed by atoms with Crippen molar-refractivity contribution < 1.29 is 4.79 Å². The fourth-order valence-electron chi connectivity index (χ4n) is 2.94. The van der Waals surface area contributed by atoms with Crippen molar-refractivity contribution in [1.29, 1.82) is 0 Å². The monoisotopic (exact) mass is 304 g/mol. The number of aromatic nitrogens is 2. The molecule has 0 atom stereocenters. The van der Waals surface area contributed by atoms with Crippen LogP contribution in [0.4, 0.5) is 11.4 Å². The lowest BCUT2D eigenvalue weighted by molar-refractivity contribution is 0.0989. The Bertz CT molecular complexity index is 870. The van der Waals surface area contributed by atoms with E-state index in [9.17, 15) is 4.79 Å². The van der Waals surface area contributed by atoms with Crippen molar-refractivity contribution in [3.63, 3.8) is 0 Å². The lowest BCUT2D eigenvalue weighted by Gasteiger charge is -2.16. The van der Waals surface area contributed by atoms with Crippen LogP contribution in [0.5, 0.6) is 0 Å². The van der Waals surface area contributed by atoms with Crippen LogP contribution in [0.25, 0.3) is 5.69 Å². The first-order valence-corrected chi connectivity index (χ1v) is 7.53. The van der Waals surface area contributed by atoms with E-state index in [4.69, 9.17) is 5.73 Å². The smallest absolute Gasteiger partial charge is 0.261 e. The summed E-state index contributed by atoms with van der Waals surface area (Å²) in [7, 11) is 0. The fraction of sp³-hybridized carbons (Fsp3) is 0.111. The maximum absolute atomic E-state index is 12.8. The highest BCUT2D eigenvalue weighted by Gasteiger charge is 2.26. The van der Waals surface area contributed by atoms with Crippen molar-refractivity contribution in [2.24, 2.45) is 0 Å². The zero-order valence-corrected chi connectivity index (χ0v) is 12.5. The molecule has 0 bridgehead atoms. The summed E-state index contributed by atoms with van der Waals surface area (Å²) < 4.78 is 1.72. The summed E-state index contributed by atoms with van der Waals surface area (Å²) in [5.74, 6) is -0.0318. The molecule has 2 N–H and O–H groups in total. The number of hydrogen-bond acceptors (Lipinski definition) is 3. The van der Waals surface area contributed by atoms with Gasteiger partial charge < -0.3 is 10.6 Å². The average Bonchev–Trinajstić information content (AvgIpc) is 3.22. The number of benzene rings is 2. The Hall–Kier alpha value is -3.08. The van der Waals surface area contributed by atoms with Gasteiger partial charge >= 0.3 is 0 Å². The molecule has 1 amide bonds. The first-order chi connectivity index (χ1) is 11.2. The molecule has 0 radical (unpaired) electrons. The molecular weight excluding hydrogens is 288 g/mol. The highest BCUT2D eigenvalue weighted by Crippen LogP contribution is 2.30. The SMILES string of the molecule is Nc1ccc2c(c1)CCN2C(=O)c1cnn(-c2ccccc2)c1. The zero-order valence-electron chi connectivity index (χ0n) is 12.5. The minimum absolute atomic E-state index is 0.0318. The van der Waals surface area contributed by atoms with Crippen LogP contribution in [-0.2, 0) is 6.42 Å². The summed E-state index contributed by atoms with van der Waals surface area (Å²) in [6.07, 6.45) is 4.22. The molecule has 0 fully saturated rings. The van der Waals surface area contributed by atoms with E-state index < -0.39 is 0 Å². The molecule has 23 heavy (non-hydrogen) atoms. The molecule has 1 aliphatic heterocycles. The van der Waals surface area contributed by atoms with E-state index in [0.717, 1.165) is 29.0 Å². The van der Waals surface area contributed by atoms with Crippen molar-refractivity contribution >= 4 is 17.3 Å². The number of carbonyl (C=O) groups is 1. The number of para-hydroxylation sites is 1. The van der Waals surface area contributed by atoms with Crippen molar-refractivity contribution in [2.75, 3.05) is 17.2 Å². The fourth-order valence-corrected chi connectivity index (χ4v) is 2.94. The van der Waals surface area contributed by atoms with Crippen molar-refractivity contribution in [3.05, 3.63) is 72.1 Å². The van der Waals surface area contributed by atoms with Gasteiger partial charge in [0.2, 0.25) is 0 Å². The van der Waals surface area contributed by atoms with E-state index in [2.05, 4.69) is 5.10 Å². The summed E-state index contributed by atoms with van der Waals surface area (Å²) in [6.45, 7) is 0.675. The van der Waals surface area contributed by atoms with Crippen LogP contribution in [0.2, 0.25) is 0 Å². The summed E-state index contributed by atoms with van der Waals surface area (Å²) in [5.41, 5.74) is 10.1. The molecule has 2 heterocycles. The van der Waals surface area contributed by atoms with Crippen molar-refractivity contribution in [2.45, 2.75) is 6.42 Å². The summed E-state index contributed by atoms with van der Waals surface area (Å²) >= 11 is 0. The maximum Gasteiger partial charge on any atom is 0.261 e. The number of rotatable bonds is 2. The van der Waals surface area contributed by atoms with Gasteiger partial charge in [-0.05, 0) is 42.3 Å². The maximum atomic E-state index is 12.8. The van der Waals surface area contributed by atoms with Gasteiger partial charge in [-0.3, -0.25) is 4.79 Å². The number of nitrogens with two attached hydrogens (primary N) is 1. The molecule has 0 spiro atoms. The second kappa shape index (κ2) is 5.28. The Kier molecular flexibility index (Phi) is 3.12. The van der Waals surface area contributed by atoms with Gasteiger partial charge in [0.05, 0.1) is 17.4 Å². The molecule has 0 unspecified atom stereocenters. The molecule has 114 valence electrons. The van der Waals surface area contributed by atoms with Gasteiger partial charge in [-0.25, -0.2) is 4.68 Å². The standard InChI is InChI=1S/C18H16N4O/c19-15-6-7-17-13(10-15)8-9-21(17)18(23)14-11-20-22(12-14)16-4-2-1-3-5-16/h1-7,10-12H,8-9,19H2. The quantitative estimate of drug-likeness (QED) is 0.740. The number of nitrogens with zero attached hydrogens (tertiary/aromatic N) is 3. The number of carbonyl (C=O) groups excluding carboxylic acids is 1. The van der Waals surface area contributed by atoms with Gasteiger partial charge in [0.1, 0.15) is 0 Å². The molecule has 1 aliphatic rings. The van der Waals surface area contributed by atoms with Gasteiger partial charge in [-0.1, -0.05) is 18.2 Å². The second-order valence-electron chi connectivity index (χ2n) is 5.60. The van der Waals surface area contributed by atoms with Crippen molar-refractivity contribution in [1.82, 2.24) is 9.78 Å². The number of anilines is 2. The Balaban J connectivity index is 1.63. The van der Waals surface area contributed by atoms with Gasteiger partial charge in [0.25, 0.3) is 5.91 Å². The molecule has 0 aliphatic carbocycles. The van der Waals surface area contributed by atoms with E-state index >= 15 is 0 Å². The molecule has 3 aromatic rings. The third kappa shape index (κ3) is 2.36. The highest BCUT2D eigenvalue weighted by molar-refractivity contribution is 6.07. The Labute approximate surface area is 134 Å². The predicted molar refractivity (Wildman–Crippen MR) is 89.8 cm³/mol. The number of fused-ring (bicyclic) bond motifs is 1. The zero-order chi connectivity index (χ0) is 15.8. The van der Waals surface area contributed by atoms with Gasteiger partial charge in [0.15, 0.2) is 0 Å². The molecule has 5 heteroatoms. The third-order valence-electron chi connectivity index (χ3n) is 4.09. The molecule has 1 aromatic heterocycles. The normalized spacial score (nSPS) is 13.1. The van der Waals surface area contributed by atoms with Crippen LogP contribution in [0.3, 0.4) is 0 Å². The summed E-state index contributed by atoms with van der Waals surface area (Å²) in [4.78, 5) is 14.6. The minimum atomic E-state index is -0.0318. The summed E-state index contributed by atoms with van der Waals surface area (Å²) in [6, 6.07) is 15.4. The van der Waals surface area contributed by atoms with E-state index in [1.807, 2.05) is 48.5 Å². The molecule has 2 aromatic carbocycles. The summed E-state index contributed by atoms with van der Waals surface area (Å²) in [5, 5.41) is 4.30. The Morgan fingerprint density at radius 2 is 1.96 bits per heavy atom. The largest absolute Gasteiger partial charge is 0.399 e. The van der Waals surface area contributed by atoms with E-state index in [1.54, 1.807) is 22.0 Å². The van der Waals surface area contributed by atoms with Gasteiger partial charge in [-0.2, -0.15) is 5.10 Å². The van der Waals surface area contributed by atoms with E-state index in [0.29, 0.717) is 12.1 Å². The molecule has 0 saturated carbocycles. The first kappa shape index (κ1) is 13.6. The molecule has 0 saturated heterocycles. The Morgan fingerprint density at radius 1 is 1.13 bits per heavy atom. The highest BCUT2D eigenvalue weighted by atomic mass is 16.2. The van der Waals surface area contributed by atoms with Crippen molar-refractivity contribution in [3.8, 4) is 5.69 Å². The molecule has 4 rings (SSSR count). The van der Waals surface area contributed by atoms with E-state index in [-0.39, 0.29) is 5.91 Å². The first-order valence-electron chi connectivity index (χ1n) is 7.53. The molecule has 5 nitrogen and oxygen atoms in total. The van der Waals surface area contributed by atoms with Gasteiger partial charge in [-0.15, -0.1) is 0 Å². The van der Waals surface area contributed by atoms with Crippen LogP contribution < -0.4 is 10.6 Å². The van der Waals surface area contributed by atoms with Crippen LogP contribution >= 0.6 is 0 Å². The van der Waals surface area contributed by atoms with Crippen LogP contribution in [-0.4, -0.2) is 22.2 Å². The average molecular weight is 304 g/mol. The van der Waals surface area contributed by atoms with Crippen LogP contribution in [0, 0.1) is 0 Å². The Morgan fingerprint density at radius 3 is 2.78 bits per heavy atom. The lowest BCUT2D eigenvalue weighted by Crippen LogP contribution is -2.28. The minimum Gasteiger partial charge on any atom is -0.399 e. The van der Waals surface area contributed by atoms with Crippen LogP contribution in [0.1, 0.15) is 15.9 Å². The topological polar surface area (TPSA) is 64.2 Å². The van der Waals surface area contributed by atoms with Gasteiger partial charge in [0, 0.05) is 24.1 Å². The van der Waals surface area contributed by atoms with Crippen LogP contribution in [0.15, 0.2) is 60.9 Å². The third-order valence-corrected chi connectivity index (χ3v) is 4.09. The lowest BCUT2D eigenvalue weighted by atomic mass is 10.1. The second-order valence-corrected chi connectivity index (χ2v) is 5.60. The number of nitrogen functional groups attached to an aromatic ring is 1. The molecular formula is C18H16N4O. The number of amides is 1. The van der Waals surface area contributed by atoms with E-state index in [1.165, 1.54) is 0 Å². The number of hydrogen-bond donors (Lipinski definition) is 1.